The van der Waals surface area contributed by atoms with Crippen LogP contribution in [0.5, 0.6) is 0 Å². The van der Waals surface area contributed by atoms with E-state index >= 15 is 0 Å². The highest BCUT2D eigenvalue weighted by Crippen LogP contribution is 2.26. The van der Waals surface area contributed by atoms with Crippen LogP contribution in [-0.4, -0.2) is 12.6 Å². The second-order valence-corrected chi connectivity index (χ2v) is 2.53. The maximum absolute atomic E-state index is 12.7. The van der Waals surface area contributed by atoms with Gasteiger partial charge in [-0.1, -0.05) is 0 Å². The van der Waals surface area contributed by atoms with Crippen molar-refractivity contribution in [3.05, 3.63) is 34.6 Å². The number of benzene rings is 1. The molecule has 0 aromatic heterocycles. The van der Waals surface area contributed by atoms with Gasteiger partial charge in [-0.3, -0.25) is 9.59 Å². The van der Waals surface area contributed by atoms with E-state index in [0.29, 0.717) is 12.1 Å². The number of carbonyl (C=O) groups excluding carboxylic acids is 2. The predicted octanol–water partition coefficient (Wildman–Crippen LogP) is 2.39. The summed E-state index contributed by atoms with van der Waals surface area (Å²) in [5, 5.41) is 0. The molecule has 74 valence electrons. The third kappa shape index (κ3) is 1.81. The fourth-order valence-corrected chi connectivity index (χ4v) is 1.11. The zero-order chi connectivity index (χ0) is 10.7. The molecule has 0 saturated carbocycles. The average molecular weight is 202 g/mol. The van der Waals surface area contributed by atoms with Crippen molar-refractivity contribution in [2.75, 3.05) is 0 Å². The van der Waals surface area contributed by atoms with E-state index in [0.717, 1.165) is 0 Å². The SMILES string of the molecule is O=Cc1cc(F)cc(C=O)c1C(F)F. The van der Waals surface area contributed by atoms with E-state index < -0.39 is 28.9 Å². The number of carbonyl (C=O) groups is 2. The maximum atomic E-state index is 12.7. The predicted molar refractivity (Wildman–Crippen MR) is 42.1 cm³/mol. The van der Waals surface area contributed by atoms with Crippen molar-refractivity contribution in [1.82, 2.24) is 0 Å². The molecule has 5 heteroatoms. The number of halogens is 3. The van der Waals surface area contributed by atoms with Crippen LogP contribution in [0.3, 0.4) is 0 Å². The van der Waals surface area contributed by atoms with Gasteiger partial charge >= 0.3 is 0 Å². The van der Waals surface area contributed by atoms with Gasteiger partial charge in [-0.25, -0.2) is 13.2 Å². The highest BCUT2D eigenvalue weighted by Gasteiger charge is 2.18. The van der Waals surface area contributed by atoms with E-state index in [2.05, 4.69) is 0 Å². The first-order chi connectivity index (χ1) is 6.60. The summed E-state index contributed by atoms with van der Waals surface area (Å²) >= 11 is 0. The van der Waals surface area contributed by atoms with Crippen LogP contribution in [0.1, 0.15) is 32.7 Å². The molecule has 14 heavy (non-hydrogen) atoms. The molecule has 0 amide bonds. The Hall–Kier alpha value is -1.65. The van der Waals surface area contributed by atoms with Crippen molar-refractivity contribution in [1.29, 1.82) is 0 Å². The minimum atomic E-state index is -2.98. The van der Waals surface area contributed by atoms with Crippen LogP contribution in [0.15, 0.2) is 12.1 Å². The van der Waals surface area contributed by atoms with Gasteiger partial charge in [0.05, 0.1) is 0 Å². The quantitative estimate of drug-likeness (QED) is 0.705. The molecular formula is C9H5F3O2. The van der Waals surface area contributed by atoms with E-state index in [1.165, 1.54) is 0 Å². The molecule has 0 aliphatic carbocycles. The van der Waals surface area contributed by atoms with Crippen LogP contribution in [-0.2, 0) is 0 Å². The summed E-state index contributed by atoms with van der Waals surface area (Å²) in [6.45, 7) is 0. The van der Waals surface area contributed by atoms with E-state index in [1.54, 1.807) is 0 Å². The number of aldehydes is 2. The molecule has 1 rings (SSSR count). The monoisotopic (exact) mass is 202 g/mol. The van der Waals surface area contributed by atoms with Crippen LogP contribution in [0.4, 0.5) is 13.2 Å². The zero-order valence-corrected chi connectivity index (χ0v) is 6.84. The van der Waals surface area contributed by atoms with Crippen LogP contribution >= 0.6 is 0 Å². The molecule has 0 aliphatic rings. The highest BCUT2D eigenvalue weighted by atomic mass is 19.3. The summed E-state index contributed by atoms with van der Waals surface area (Å²) in [6.07, 6.45) is -2.79. The minimum Gasteiger partial charge on any atom is -0.298 e. The number of alkyl halides is 2. The molecule has 0 N–H and O–H groups in total. The summed E-state index contributed by atoms with van der Waals surface area (Å²) in [7, 11) is 0. The Labute approximate surface area is 77.3 Å². The normalized spacial score (nSPS) is 10.3. The van der Waals surface area contributed by atoms with E-state index in [1.807, 2.05) is 0 Å². The van der Waals surface area contributed by atoms with Crippen molar-refractivity contribution >= 4 is 12.6 Å². The lowest BCUT2D eigenvalue weighted by molar-refractivity contribution is 0.109. The van der Waals surface area contributed by atoms with Crippen molar-refractivity contribution in [2.24, 2.45) is 0 Å². The summed E-state index contributed by atoms with van der Waals surface area (Å²) < 4.78 is 37.4. The fraction of sp³-hybridized carbons (Fsp3) is 0.111. The van der Waals surface area contributed by atoms with Gasteiger partial charge in [-0.05, 0) is 12.1 Å². The van der Waals surface area contributed by atoms with Crippen molar-refractivity contribution in [2.45, 2.75) is 6.43 Å². The Bertz CT molecular complexity index is 345. The fourth-order valence-electron chi connectivity index (χ4n) is 1.11. The van der Waals surface area contributed by atoms with Gasteiger partial charge in [-0.2, -0.15) is 0 Å². The molecule has 0 unspecified atom stereocenters. The smallest absolute Gasteiger partial charge is 0.265 e. The largest absolute Gasteiger partial charge is 0.298 e. The van der Waals surface area contributed by atoms with Crippen LogP contribution in [0.25, 0.3) is 0 Å². The van der Waals surface area contributed by atoms with Crippen LogP contribution < -0.4 is 0 Å². The average Bonchev–Trinajstić information content (AvgIpc) is 2.15. The summed E-state index contributed by atoms with van der Waals surface area (Å²) in [4.78, 5) is 20.7. The topological polar surface area (TPSA) is 34.1 Å². The molecule has 0 radical (unpaired) electrons. The van der Waals surface area contributed by atoms with Gasteiger partial charge in [0.25, 0.3) is 6.43 Å². The standard InChI is InChI=1S/C9H5F3O2/c10-7-1-5(3-13)8(9(11)12)6(2-7)4-14/h1-4,9H. The Kier molecular flexibility index (Phi) is 3.01. The van der Waals surface area contributed by atoms with Gasteiger partial charge < -0.3 is 0 Å². The molecule has 0 saturated heterocycles. The third-order valence-corrected chi connectivity index (χ3v) is 1.68. The molecule has 0 bridgehead atoms. The number of hydrogen-bond acceptors (Lipinski definition) is 2. The van der Waals surface area contributed by atoms with E-state index in [4.69, 9.17) is 0 Å². The Balaban J connectivity index is 3.47. The lowest BCUT2D eigenvalue weighted by Gasteiger charge is -2.06. The molecule has 0 fully saturated rings. The Morgan fingerprint density at radius 1 is 1.07 bits per heavy atom. The second kappa shape index (κ2) is 4.04. The maximum Gasteiger partial charge on any atom is 0.265 e. The number of rotatable bonds is 3. The number of hydrogen-bond donors (Lipinski definition) is 0. The Morgan fingerprint density at radius 2 is 1.50 bits per heavy atom. The van der Waals surface area contributed by atoms with Crippen molar-refractivity contribution < 1.29 is 22.8 Å². The summed E-state index contributed by atoms with van der Waals surface area (Å²) in [6, 6.07) is 1.34. The molecule has 0 heterocycles. The Morgan fingerprint density at radius 3 is 1.79 bits per heavy atom. The van der Waals surface area contributed by atoms with Gasteiger partial charge in [0, 0.05) is 16.7 Å². The molecular weight excluding hydrogens is 197 g/mol. The first-order valence-electron chi connectivity index (χ1n) is 3.62. The van der Waals surface area contributed by atoms with E-state index in [9.17, 15) is 22.8 Å². The van der Waals surface area contributed by atoms with Crippen molar-refractivity contribution in [3.63, 3.8) is 0 Å². The van der Waals surface area contributed by atoms with Gasteiger partial charge in [0.15, 0.2) is 12.6 Å². The highest BCUT2D eigenvalue weighted by molar-refractivity contribution is 5.85. The lowest BCUT2D eigenvalue weighted by Crippen LogP contribution is -2.00. The summed E-state index contributed by atoms with van der Waals surface area (Å²) in [5.41, 5.74) is -1.72. The third-order valence-electron chi connectivity index (χ3n) is 1.68. The molecule has 0 aliphatic heterocycles. The molecule has 1 aromatic rings. The van der Waals surface area contributed by atoms with Crippen LogP contribution in [0, 0.1) is 5.82 Å². The zero-order valence-electron chi connectivity index (χ0n) is 6.84. The molecule has 2 nitrogen and oxygen atoms in total. The molecule has 0 spiro atoms. The second-order valence-electron chi connectivity index (χ2n) is 2.53. The first-order valence-corrected chi connectivity index (χ1v) is 3.62. The van der Waals surface area contributed by atoms with E-state index in [-0.39, 0.29) is 12.6 Å². The van der Waals surface area contributed by atoms with Crippen LogP contribution in [0.2, 0.25) is 0 Å². The van der Waals surface area contributed by atoms with Gasteiger partial charge in [-0.15, -0.1) is 0 Å². The molecule has 1 aromatic carbocycles. The van der Waals surface area contributed by atoms with Gasteiger partial charge in [0.2, 0.25) is 0 Å². The van der Waals surface area contributed by atoms with Crippen molar-refractivity contribution in [3.8, 4) is 0 Å². The molecule has 0 atom stereocenters. The summed E-state index contributed by atoms with van der Waals surface area (Å²) in [5.74, 6) is -0.890. The minimum absolute atomic E-state index is 0.0948. The van der Waals surface area contributed by atoms with Gasteiger partial charge in [0.1, 0.15) is 5.82 Å². The lowest BCUT2D eigenvalue weighted by atomic mass is 10.0. The first kappa shape index (κ1) is 10.4.